The number of piperidine rings is 1. The topological polar surface area (TPSA) is 57.6 Å². The zero-order valence-corrected chi connectivity index (χ0v) is 13.9. The normalized spacial score (nSPS) is 23.1. The SMILES string of the molecule is CCC(Sc1ccccc1)C(=O)N1CC(C(=O)O)CCC1C. The number of hydrogen-bond acceptors (Lipinski definition) is 3. The van der Waals surface area contributed by atoms with Crippen LogP contribution in [-0.4, -0.2) is 39.7 Å². The third kappa shape index (κ3) is 4.03. The standard InChI is InChI=1S/C17H23NO3S/c1-3-15(22-14-7-5-4-6-8-14)16(19)18-11-13(17(20)21)10-9-12(18)2/h4-8,12-13,15H,3,9-11H2,1-2H3,(H,20,21). The second kappa shape index (κ2) is 7.68. The van der Waals surface area contributed by atoms with Crippen LogP contribution in [0.1, 0.15) is 33.1 Å². The Bertz CT molecular complexity index is 520. The van der Waals surface area contributed by atoms with E-state index in [9.17, 15) is 14.7 Å². The number of thioether (sulfide) groups is 1. The number of benzene rings is 1. The van der Waals surface area contributed by atoms with E-state index in [4.69, 9.17) is 0 Å². The lowest BCUT2D eigenvalue weighted by atomic mass is 9.93. The molecular weight excluding hydrogens is 298 g/mol. The van der Waals surface area contributed by atoms with Crippen LogP contribution in [0.3, 0.4) is 0 Å². The number of carboxylic acid groups (broad SMARTS) is 1. The third-order valence-electron chi connectivity index (χ3n) is 4.18. The van der Waals surface area contributed by atoms with Crippen LogP contribution in [0.2, 0.25) is 0 Å². The first kappa shape index (κ1) is 16.9. The first-order valence-corrected chi connectivity index (χ1v) is 8.65. The van der Waals surface area contributed by atoms with E-state index in [1.165, 1.54) is 0 Å². The highest BCUT2D eigenvalue weighted by molar-refractivity contribution is 8.00. The molecule has 0 spiro atoms. The number of nitrogens with zero attached hydrogens (tertiary/aromatic N) is 1. The lowest BCUT2D eigenvalue weighted by Gasteiger charge is -2.38. The molecule has 1 fully saturated rings. The number of likely N-dealkylation sites (tertiary alicyclic amines) is 1. The second-order valence-corrected chi connectivity index (χ2v) is 7.06. The van der Waals surface area contributed by atoms with Crippen molar-refractivity contribution in [2.24, 2.45) is 5.92 Å². The van der Waals surface area contributed by atoms with Gasteiger partial charge in [0, 0.05) is 17.5 Å². The Morgan fingerprint density at radius 3 is 2.59 bits per heavy atom. The Hall–Kier alpha value is -1.49. The maximum absolute atomic E-state index is 12.8. The average molecular weight is 321 g/mol. The number of aliphatic carboxylic acids is 1. The molecule has 1 heterocycles. The minimum Gasteiger partial charge on any atom is -0.481 e. The molecule has 120 valence electrons. The van der Waals surface area contributed by atoms with E-state index in [1.807, 2.05) is 44.2 Å². The van der Waals surface area contributed by atoms with Crippen molar-refractivity contribution < 1.29 is 14.7 Å². The maximum atomic E-state index is 12.8. The fourth-order valence-electron chi connectivity index (χ4n) is 2.77. The highest BCUT2D eigenvalue weighted by Gasteiger charge is 2.35. The van der Waals surface area contributed by atoms with Gasteiger partial charge in [0.05, 0.1) is 11.2 Å². The van der Waals surface area contributed by atoms with Crippen molar-refractivity contribution in [1.29, 1.82) is 0 Å². The average Bonchev–Trinajstić information content (AvgIpc) is 2.53. The number of carboxylic acids is 1. The fourth-order valence-corrected chi connectivity index (χ4v) is 3.82. The molecule has 0 aliphatic carbocycles. The largest absolute Gasteiger partial charge is 0.481 e. The summed E-state index contributed by atoms with van der Waals surface area (Å²) >= 11 is 1.56. The zero-order valence-electron chi connectivity index (χ0n) is 13.1. The van der Waals surface area contributed by atoms with Gasteiger partial charge in [-0.2, -0.15) is 0 Å². The molecule has 1 N–H and O–H groups in total. The van der Waals surface area contributed by atoms with Gasteiger partial charge in [0.1, 0.15) is 0 Å². The smallest absolute Gasteiger partial charge is 0.308 e. The van der Waals surface area contributed by atoms with E-state index in [1.54, 1.807) is 16.7 Å². The van der Waals surface area contributed by atoms with Gasteiger partial charge in [-0.3, -0.25) is 9.59 Å². The molecule has 0 saturated carbocycles. The van der Waals surface area contributed by atoms with Crippen LogP contribution in [0.5, 0.6) is 0 Å². The number of hydrogen-bond donors (Lipinski definition) is 1. The molecule has 1 aliphatic heterocycles. The Morgan fingerprint density at radius 2 is 2.00 bits per heavy atom. The van der Waals surface area contributed by atoms with E-state index >= 15 is 0 Å². The number of carbonyl (C=O) groups is 2. The molecule has 1 amide bonds. The van der Waals surface area contributed by atoms with Gasteiger partial charge in [0.15, 0.2) is 0 Å². The third-order valence-corrected chi connectivity index (χ3v) is 5.55. The van der Waals surface area contributed by atoms with Crippen LogP contribution in [0.15, 0.2) is 35.2 Å². The summed E-state index contributed by atoms with van der Waals surface area (Å²) in [4.78, 5) is 26.9. The van der Waals surface area contributed by atoms with Crippen molar-refractivity contribution in [1.82, 2.24) is 4.90 Å². The van der Waals surface area contributed by atoms with Gasteiger partial charge in [-0.1, -0.05) is 25.1 Å². The highest BCUT2D eigenvalue weighted by atomic mass is 32.2. The van der Waals surface area contributed by atoms with Crippen molar-refractivity contribution >= 4 is 23.6 Å². The second-order valence-electron chi connectivity index (χ2n) is 5.78. The molecule has 3 atom stereocenters. The van der Waals surface area contributed by atoms with E-state index < -0.39 is 11.9 Å². The number of rotatable bonds is 5. The van der Waals surface area contributed by atoms with Gasteiger partial charge in [-0.25, -0.2) is 0 Å². The summed E-state index contributed by atoms with van der Waals surface area (Å²) in [6, 6.07) is 10.00. The van der Waals surface area contributed by atoms with Gasteiger partial charge < -0.3 is 10.0 Å². The Balaban J connectivity index is 2.07. The van der Waals surface area contributed by atoms with E-state index in [-0.39, 0.29) is 17.2 Å². The first-order chi connectivity index (χ1) is 10.5. The van der Waals surface area contributed by atoms with E-state index in [0.29, 0.717) is 13.0 Å². The molecule has 22 heavy (non-hydrogen) atoms. The predicted octanol–water partition coefficient (Wildman–Crippen LogP) is 3.27. The van der Waals surface area contributed by atoms with Gasteiger partial charge in [-0.15, -0.1) is 11.8 Å². The Kier molecular flexibility index (Phi) is 5.89. The monoisotopic (exact) mass is 321 g/mol. The van der Waals surface area contributed by atoms with Crippen LogP contribution >= 0.6 is 11.8 Å². The molecule has 1 aliphatic rings. The van der Waals surface area contributed by atoms with Gasteiger partial charge in [-0.05, 0) is 38.3 Å². The molecular formula is C17H23NO3S. The molecule has 0 radical (unpaired) electrons. The summed E-state index contributed by atoms with van der Waals surface area (Å²) in [6.45, 7) is 4.35. The summed E-state index contributed by atoms with van der Waals surface area (Å²) in [5, 5.41) is 9.06. The fraction of sp³-hybridized carbons (Fsp3) is 0.529. The number of amides is 1. The van der Waals surface area contributed by atoms with Crippen LogP contribution < -0.4 is 0 Å². The van der Waals surface area contributed by atoms with Crippen LogP contribution in [-0.2, 0) is 9.59 Å². The molecule has 0 bridgehead atoms. The van der Waals surface area contributed by atoms with Crippen molar-refractivity contribution in [2.75, 3.05) is 6.54 Å². The predicted molar refractivity (Wildman–Crippen MR) is 87.9 cm³/mol. The summed E-state index contributed by atoms with van der Waals surface area (Å²) in [6.07, 6.45) is 2.15. The maximum Gasteiger partial charge on any atom is 0.308 e. The van der Waals surface area contributed by atoms with E-state index in [0.717, 1.165) is 17.7 Å². The van der Waals surface area contributed by atoms with Gasteiger partial charge in [0.2, 0.25) is 5.91 Å². The number of carbonyl (C=O) groups excluding carboxylic acids is 1. The zero-order chi connectivity index (χ0) is 16.1. The quantitative estimate of drug-likeness (QED) is 0.846. The Labute approximate surface area is 135 Å². The van der Waals surface area contributed by atoms with Crippen LogP contribution in [0.25, 0.3) is 0 Å². The van der Waals surface area contributed by atoms with E-state index in [2.05, 4.69) is 0 Å². The molecule has 4 nitrogen and oxygen atoms in total. The molecule has 3 unspecified atom stereocenters. The van der Waals surface area contributed by atoms with Crippen molar-refractivity contribution in [3.8, 4) is 0 Å². The first-order valence-electron chi connectivity index (χ1n) is 7.78. The van der Waals surface area contributed by atoms with Crippen molar-refractivity contribution in [3.05, 3.63) is 30.3 Å². The summed E-state index contributed by atoms with van der Waals surface area (Å²) < 4.78 is 0. The summed E-state index contributed by atoms with van der Waals surface area (Å²) in [5.41, 5.74) is 0. The minimum atomic E-state index is -0.798. The molecule has 1 aromatic rings. The molecule has 2 rings (SSSR count). The Morgan fingerprint density at radius 1 is 1.32 bits per heavy atom. The summed E-state index contributed by atoms with van der Waals surface area (Å²) in [5.74, 6) is -1.16. The molecule has 0 aromatic heterocycles. The van der Waals surface area contributed by atoms with Gasteiger partial charge in [0.25, 0.3) is 0 Å². The van der Waals surface area contributed by atoms with Crippen LogP contribution in [0.4, 0.5) is 0 Å². The van der Waals surface area contributed by atoms with Crippen molar-refractivity contribution in [3.63, 3.8) is 0 Å². The summed E-state index contributed by atoms with van der Waals surface area (Å²) in [7, 11) is 0. The lowest BCUT2D eigenvalue weighted by Crippen LogP contribution is -2.50. The molecule has 1 aromatic carbocycles. The van der Waals surface area contributed by atoms with Crippen LogP contribution in [0, 0.1) is 5.92 Å². The van der Waals surface area contributed by atoms with Crippen molar-refractivity contribution in [2.45, 2.75) is 49.3 Å². The minimum absolute atomic E-state index is 0.0646. The van der Waals surface area contributed by atoms with Gasteiger partial charge >= 0.3 is 5.97 Å². The lowest BCUT2D eigenvalue weighted by molar-refractivity contribution is -0.147. The molecule has 1 saturated heterocycles. The molecule has 5 heteroatoms. The highest BCUT2D eigenvalue weighted by Crippen LogP contribution is 2.30.